The number of hydrogen-bond donors (Lipinski definition) is 0. The van der Waals surface area contributed by atoms with Crippen LogP contribution in [0, 0.1) is 11.3 Å². The van der Waals surface area contributed by atoms with E-state index in [4.69, 9.17) is 5.26 Å². The first kappa shape index (κ1) is 10.6. The van der Waals surface area contributed by atoms with Gasteiger partial charge in [-0.15, -0.1) is 0 Å². The minimum Gasteiger partial charge on any atom is -0.335 e. The Labute approximate surface area is 94.5 Å². The first-order valence-electron chi connectivity index (χ1n) is 5.39. The number of likely N-dealkylation sites (tertiary alicyclic amines) is 1. The fourth-order valence-electron chi connectivity index (χ4n) is 2.15. The maximum absolute atomic E-state index is 11.7. The molecule has 4 heteroatoms. The van der Waals surface area contributed by atoms with Crippen LogP contribution in [0.15, 0.2) is 24.5 Å². The van der Waals surface area contributed by atoms with E-state index in [9.17, 15) is 4.79 Å². The Kier molecular flexibility index (Phi) is 3.16. The fraction of sp³-hybridized carbons (Fsp3) is 0.417. The number of pyridine rings is 1. The van der Waals surface area contributed by atoms with Crippen LogP contribution < -0.4 is 0 Å². The van der Waals surface area contributed by atoms with Crippen molar-refractivity contribution in [3.63, 3.8) is 0 Å². The Bertz CT molecular complexity index is 410. The van der Waals surface area contributed by atoms with Gasteiger partial charge in [-0.2, -0.15) is 5.26 Å². The van der Waals surface area contributed by atoms with E-state index in [0.29, 0.717) is 0 Å². The summed E-state index contributed by atoms with van der Waals surface area (Å²) in [7, 11) is 0. The molecular formula is C12H13N3O. The van der Waals surface area contributed by atoms with Gasteiger partial charge in [-0.05, 0) is 24.5 Å². The molecule has 1 aromatic heterocycles. The summed E-state index contributed by atoms with van der Waals surface area (Å²) in [5, 5.41) is 8.54. The number of amides is 1. The predicted octanol–water partition coefficient (Wildman–Crippen LogP) is 1.66. The summed E-state index contributed by atoms with van der Waals surface area (Å²) >= 11 is 0. The molecule has 0 aromatic carbocycles. The zero-order valence-corrected chi connectivity index (χ0v) is 8.97. The molecule has 1 saturated heterocycles. The van der Waals surface area contributed by atoms with Gasteiger partial charge in [0.1, 0.15) is 6.42 Å². The predicted molar refractivity (Wildman–Crippen MR) is 58.2 cm³/mol. The molecule has 0 aliphatic carbocycles. The maximum atomic E-state index is 11.7. The fourth-order valence-corrected chi connectivity index (χ4v) is 2.15. The van der Waals surface area contributed by atoms with Gasteiger partial charge in [0.05, 0.1) is 12.1 Å². The molecule has 1 atom stereocenters. The average Bonchev–Trinajstić information content (AvgIpc) is 2.79. The van der Waals surface area contributed by atoms with Crippen molar-refractivity contribution < 1.29 is 4.79 Å². The first-order chi connectivity index (χ1) is 7.83. The molecule has 0 saturated carbocycles. The quantitative estimate of drug-likeness (QED) is 0.753. The Balaban J connectivity index is 2.16. The van der Waals surface area contributed by atoms with Crippen LogP contribution >= 0.6 is 0 Å². The van der Waals surface area contributed by atoms with Crippen molar-refractivity contribution in [1.82, 2.24) is 9.88 Å². The van der Waals surface area contributed by atoms with Gasteiger partial charge in [0, 0.05) is 18.9 Å². The van der Waals surface area contributed by atoms with Crippen molar-refractivity contribution in [2.45, 2.75) is 25.3 Å². The highest BCUT2D eigenvalue weighted by Gasteiger charge is 2.29. The van der Waals surface area contributed by atoms with Crippen molar-refractivity contribution in [2.24, 2.45) is 0 Å². The second-order valence-corrected chi connectivity index (χ2v) is 3.87. The highest BCUT2D eigenvalue weighted by molar-refractivity contribution is 5.79. The summed E-state index contributed by atoms with van der Waals surface area (Å²) in [5.41, 5.74) is 1.06. The third-order valence-electron chi connectivity index (χ3n) is 2.87. The topological polar surface area (TPSA) is 57.0 Å². The van der Waals surface area contributed by atoms with E-state index in [1.54, 1.807) is 17.3 Å². The third kappa shape index (κ3) is 2.03. The molecule has 82 valence electrons. The van der Waals surface area contributed by atoms with Crippen LogP contribution in [0.1, 0.15) is 30.9 Å². The summed E-state index contributed by atoms with van der Waals surface area (Å²) in [5.74, 6) is -0.0751. The van der Waals surface area contributed by atoms with Crippen molar-refractivity contribution in [3.8, 4) is 6.07 Å². The Morgan fingerprint density at radius 2 is 2.56 bits per heavy atom. The Hall–Kier alpha value is -1.89. The largest absolute Gasteiger partial charge is 0.335 e. The third-order valence-corrected chi connectivity index (χ3v) is 2.87. The van der Waals surface area contributed by atoms with Crippen LogP contribution in [0.2, 0.25) is 0 Å². The highest BCUT2D eigenvalue weighted by Crippen LogP contribution is 2.31. The van der Waals surface area contributed by atoms with Gasteiger partial charge >= 0.3 is 0 Å². The summed E-state index contributed by atoms with van der Waals surface area (Å²) in [6.45, 7) is 0.750. The second kappa shape index (κ2) is 4.75. The lowest BCUT2D eigenvalue weighted by Crippen LogP contribution is -2.30. The van der Waals surface area contributed by atoms with E-state index >= 15 is 0 Å². The van der Waals surface area contributed by atoms with Gasteiger partial charge in [0.2, 0.25) is 5.91 Å². The normalized spacial score (nSPS) is 19.4. The molecule has 0 radical (unpaired) electrons. The van der Waals surface area contributed by atoms with Gasteiger partial charge in [0.25, 0.3) is 0 Å². The summed E-state index contributed by atoms with van der Waals surface area (Å²) in [6, 6.07) is 5.87. The van der Waals surface area contributed by atoms with Gasteiger partial charge < -0.3 is 4.90 Å². The van der Waals surface area contributed by atoms with E-state index in [1.807, 2.05) is 18.2 Å². The molecule has 1 unspecified atom stereocenters. The summed E-state index contributed by atoms with van der Waals surface area (Å²) in [4.78, 5) is 17.6. The monoisotopic (exact) mass is 215 g/mol. The maximum Gasteiger partial charge on any atom is 0.237 e. The highest BCUT2D eigenvalue weighted by atomic mass is 16.2. The van der Waals surface area contributed by atoms with E-state index in [0.717, 1.165) is 24.9 Å². The van der Waals surface area contributed by atoms with Gasteiger partial charge in [-0.1, -0.05) is 6.07 Å². The van der Waals surface area contributed by atoms with E-state index in [1.165, 1.54) is 0 Å². The molecule has 1 aromatic rings. The standard InChI is InChI=1S/C12H13N3O/c13-6-5-12(16)15-8-2-4-11(15)10-3-1-7-14-9-10/h1,3,7,9,11H,2,4-5,8H2. The molecule has 0 spiro atoms. The first-order valence-corrected chi connectivity index (χ1v) is 5.39. The number of rotatable bonds is 2. The number of nitrogens with zero attached hydrogens (tertiary/aromatic N) is 3. The zero-order valence-electron chi connectivity index (χ0n) is 8.97. The van der Waals surface area contributed by atoms with Crippen molar-refractivity contribution in [2.75, 3.05) is 6.54 Å². The molecule has 2 rings (SSSR count). The lowest BCUT2D eigenvalue weighted by Gasteiger charge is -2.23. The smallest absolute Gasteiger partial charge is 0.237 e. The molecular weight excluding hydrogens is 202 g/mol. The van der Waals surface area contributed by atoms with Crippen molar-refractivity contribution in [1.29, 1.82) is 5.26 Å². The van der Waals surface area contributed by atoms with Crippen LogP contribution in [0.5, 0.6) is 0 Å². The number of nitriles is 1. The molecule has 16 heavy (non-hydrogen) atoms. The minimum absolute atomic E-state index is 0.0310. The number of carbonyl (C=O) groups excluding carboxylic acids is 1. The minimum atomic E-state index is -0.0751. The molecule has 1 fully saturated rings. The van der Waals surface area contributed by atoms with Crippen LogP contribution in [0.3, 0.4) is 0 Å². The van der Waals surface area contributed by atoms with Crippen LogP contribution in [0.4, 0.5) is 0 Å². The summed E-state index contributed by atoms with van der Waals surface area (Å²) in [6.07, 6.45) is 5.44. The molecule has 0 N–H and O–H groups in total. The lowest BCUT2D eigenvalue weighted by molar-refractivity contribution is -0.131. The molecule has 1 aliphatic heterocycles. The number of hydrogen-bond acceptors (Lipinski definition) is 3. The van der Waals surface area contributed by atoms with E-state index < -0.39 is 0 Å². The van der Waals surface area contributed by atoms with Gasteiger partial charge in [-0.3, -0.25) is 9.78 Å². The zero-order chi connectivity index (χ0) is 11.4. The molecule has 0 bridgehead atoms. The summed E-state index contributed by atoms with van der Waals surface area (Å²) < 4.78 is 0. The molecule has 1 amide bonds. The lowest BCUT2D eigenvalue weighted by atomic mass is 10.1. The number of carbonyl (C=O) groups is 1. The van der Waals surface area contributed by atoms with Crippen molar-refractivity contribution in [3.05, 3.63) is 30.1 Å². The number of aromatic nitrogens is 1. The Morgan fingerprint density at radius 3 is 3.25 bits per heavy atom. The molecule has 2 heterocycles. The molecule has 4 nitrogen and oxygen atoms in total. The average molecular weight is 215 g/mol. The van der Waals surface area contributed by atoms with Gasteiger partial charge in [-0.25, -0.2) is 0 Å². The van der Waals surface area contributed by atoms with Crippen LogP contribution in [-0.4, -0.2) is 22.3 Å². The van der Waals surface area contributed by atoms with E-state index in [-0.39, 0.29) is 18.4 Å². The van der Waals surface area contributed by atoms with E-state index in [2.05, 4.69) is 4.98 Å². The van der Waals surface area contributed by atoms with Crippen LogP contribution in [0.25, 0.3) is 0 Å². The van der Waals surface area contributed by atoms with Gasteiger partial charge in [0.15, 0.2) is 0 Å². The molecule has 1 aliphatic rings. The van der Waals surface area contributed by atoms with Crippen LogP contribution in [-0.2, 0) is 4.79 Å². The van der Waals surface area contributed by atoms with Crippen molar-refractivity contribution >= 4 is 5.91 Å². The SMILES string of the molecule is N#CCC(=O)N1CCCC1c1cccnc1. The Morgan fingerprint density at radius 1 is 1.69 bits per heavy atom. The second-order valence-electron chi connectivity index (χ2n) is 3.87.